The van der Waals surface area contributed by atoms with Gasteiger partial charge in [0.25, 0.3) is 0 Å². The van der Waals surface area contributed by atoms with E-state index in [2.05, 4.69) is 51.1 Å². The molecule has 5 heteroatoms. The van der Waals surface area contributed by atoms with Gasteiger partial charge in [0.15, 0.2) is 0 Å². The largest absolute Gasteiger partial charge is 0.375 e. The maximum Gasteiger partial charge on any atom is 0.147 e. The molecule has 0 saturated carbocycles. The summed E-state index contributed by atoms with van der Waals surface area (Å²) in [7, 11) is 4.00. The minimum Gasteiger partial charge on any atom is -0.375 e. The molecule has 1 aromatic heterocycles. The van der Waals surface area contributed by atoms with Crippen molar-refractivity contribution in [2.45, 2.75) is 25.0 Å². The van der Waals surface area contributed by atoms with Gasteiger partial charge in [0.2, 0.25) is 0 Å². The number of piperidine rings is 1. The Morgan fingerprint density at radius 3 is 2.58 bits per heavy atom. The lowest BCUT2D eigenvalue weighted by Gasteiger charge is -2.38. The van der Waals surface area contributed by atoms with E-state index in [1.54, 1.807) is 19.5 Å². The summed E-state index contributed by atoms with van der Waals surface area (Å²) in [5.74, 6) is 0.984. The van der Waals surface area contributed by atoms with Crippen molar-refractivity contribution < 1.29 is 4.74 Å². The van der Waals surface area contributed by atoms with Gasteiger partial charge in [-0.25, -0.2) is 4.98 Å². The highest BCUT2D eigenvalue weighted by molar-refractivity contribution is 5.35. The summed E-state index contributed by atoms with van der Waals surface area (Å²) in [4.78, 5) is 13.3. The van der Waals surface area contributed by atoms with Gasteiger partial charge in [-0.1, -0.05) is 30.3 Å². The number of ether oxygens (including phenoxy) is 1. The van der Waals surface area contributed by atoms with Gasteiger partial charge in [0.05, 0.1) is 12.3 Å². The zero-order valence-corrected chi connectivity index (χ0v) is 14.5. The van der Waals surface area contributed by atoms with E-state index in [-0.39, 0.29) is 6.10 Å². The molecule has 1 aromatic carbocycles. The highest BCUT2D eigenvalue weighted by Crippen LogP contribution is 2.23. The van der Waals surface area contributed by atoms with Crippen molar-refractivity contribution in [3.05, 3.63) is 54.5 Å². The van der Waals surface area contributed by atoms with Crippen molar-refractivity contribution in [2.75, 3.05) is 38.7 Å². The smallest absolute Gasteiger partial charge is 0.147 e. The molecule has 1 saturated heterocycles. The van der Waals surface area contributed by atoms with Crippen LogP contribution in [0.25, 0.3) is 0 Å². The summed E-state index contributed by atoms with van der Waals surface area (Å²) in [5, 5.41) is 0. The minimum absolute atomic E-state index is 0.120. The Labute approximate surface area is 144 Å². The van der Waals surface area contributed by atoms with Crippen LogP contribution in [0.5, 0.6) is 0 Å². The topological polar surface area (TPSA) is 41.5 Å². The van der Waals surface area contributed by atoms with Gasteiger partial charge >= 0.3 is 0 Å². The third-order valence-electron chi connectivity index (χ3n) is 4.87. The average Bonchev–Trinajstić information content (AvgIpc) is 2.67. The Morgan fingerprint density at radius 1 is 1.21 bits per heavy atom. The maximum atomic E-state index is 5.72. The summed E-state index contributed by atoms with van der Waals surface area (Å²) in [5.41, 5.74) is 1.24. The third kappa shape index (κ3) is 4.10. The zero-order valence-electron chi connectivity index (χ0n) is 14.5. The van der Waals surface area contributed by atoms with Gasteiger partial charge < -0.3 is 14.5 Å². The van der Waals surface area contributed by atoms with Gasteiger partial charge in [-0.3, -0.25) is 4.98 Å². The van der Waals surface area contributed by atoms with E-state index in [1.807, 2.05) is 12.3 Å². The van der Waals surface area contributed by atoms with E-state index in [9.17, 15) is 0 Å². The van der Waals surface area contributed by atoms with E-state index in [0.29, 0.717) is 6.04 Å². The molecule has 1 fully saturated rings. The Balaban J connectivity index is 1.54. The second kappa shape index (κ2) is 8.22. The fourth-order valence-electron chi connectivity index (χ4n) is 3.38. The molecular formula is C19H26N4O. The first-order valence-corrected chi connectivity index (χ1v) is 8.57. The average molecular weight is 326 g/mol. The number of anilines is 1. The molecular weight excluding hydrogens is 300 g/mol. The number of rotatable bonds is 6. The lowest BCUT2D eigenvalue weighted by Crippen LogP contribution is -2.45. The SMILES string of the molecule is CO[C@H](CN(C)C1CCN(c2cnccn2)CC1)c1ccccc1. The van der Waals surface area contributed by atoms with Crippen molar-refractivity contribution in [3.63, 3.8) is 0 Å². The van der Waals surface area contributed by atoms with Crippen molar-refractivity contribution in [1.82, 2.24) is 14.9 Å². The summed E-state index contributed by atoms with van der Waals surface area (Å²) in [6.45, 7) is 2.96. The predicted molar refractivity (Wildman–Crippen MR) is 96.1 cm³/mol. The van der Waals surface area contributed by atoms with Crippen LogP contribution in [-0.4, -0.2) is 54.7 Å². The fraction of sp³-hybridized carbons (Fsp3) is 0.474. The van der Waals surface area contributed by atoms with Crippen LogP contribution in [0.2, 0.25) is 0 Å². The molecule has 24 heavy (non-hydrogen) atoms. The van der Waals surface area contributed by atoms with E-state index >= 15 is 0 Å². The van der Waals surface area contributed by atoms with Crippen molar-refractivity contribution in [1.29, 1.82) is 0 Å². The molecule has 1 aliphatic heterocycles. The molecule has 1 aliphatic rings. The fourth-order valence-corrected chi connectivity index (χ4v) is 3.38. The number of likely N-dealkylation sites (N-methyl/N-ethyl adjacent to an activating group) is 1. The van der Waals surface area contributed by atoms with Gasteiger partial charge in [-0.05, 0) is 25.5 Å². The monoisotopic (exact) mass is 326 g/mol. The molecule has 2 aromatic rings. The summed E-state index contributed by atoms with van der Waals surface area (Å²) in [6.07, 6.45) is 7.72. The van der Waals surface area contributed by atoms with Crippen molar-refractivity contribution in [2.24, 2.45) is 0 Å². The van der Waals surface area contributed by atoms with Crippen LogP contribution in [0.3, 0.4) is 0 Å². The van der Waals surface area contributed by atoms with Crippen molar-refractivity contribution in [3.8, 4) is 0 Å². The second-order valence-corrected chi connectivity index (χ2v) is 6.36. The molecule has 0 N–H and O–H groups in total. The number of benzene rings is 1. The number of hydrogen-bond acceptors (Lipinski definition) is 5. The standard InChI is InChI=1S/C19H26N4O/c1-22(15-18(24-2)16-6-4-3-5-7-16)17-8-12-23(13-9-17)19-14-20-10-11-21-19/h3-7,10-11,14,17-18H,8-9,12-13,15H2,1-2H3/t18-/m1/s1. The Hall–Kier alpha value is -1.98. The Morgan fingerprint density at radius 2 is 1.96 bits per heavy atom. The van der Waals surface area contributed by atoms with Crippen LogP contribution in [0, 0.1) is 0 Å². The van der Waals surface area contributed by atoms with E-state index in [1.165, 1.54) is 5.56 Å². The highest BCUT2D eigenvalue weighted by Gasteiger charge is 2.25. The van der Waals surface area contributed by atoms with Crippen LogP contribution in [0.15, 0.2) is 48.9 Å². The lowest BCUT2D eigenvalue weighted by atomic mass is 10.0. The summed E-state index contributed by atoms with van der Waals surface area (Å²) in [6, 6.07) is 11.0. The molecule has 1 atom stereocenters. The number of nitrogens with zero attached hydrogens (tertiary/aromatic N) is 4. The molecule has 5 nitrogen and oxygen atoms in total. The van der Waals surface area contributed by atoms with Crippen molar-refractivity contribution >= 4 is 5.82 Å². The van der Waals surface area contributed by atoms with Crippen LogP contribution in [0.1, 0.15) is 24.5 Å². The summed E-state index contributed by atoms with van der Waals surface area (Å²) >= 11 is 0. The minimum atomic E-state index is 0.120. The molecule has 0 unspecified atom stereocenters. The first kappa shape index (κ1) is 16.9. The number of hydrogen-bond donors (Lipinski definition) is 0. The molecule has 3 rings (SSSR count). The molecule has 128 valence electrons. The van der Waals surface area contributed by atoms with E-state index < -0.39 is 0 Å². The first-order chi connectivity index (χ1) is 11.8. The van der Waals surface area contributed by atoms with Crippen LogP contribution in [0.4, 0.5) is 5.82 Å². The van der Waals surface area contributed by atoms with Gasteiger partial charge in [-0.15, -0.1) is 0 Å². The van der Waals surface area contributed by atoms with E-state index in [0.717, 1.165) is 38.3 Å². The molecule has 0 aliphatic carbocycles. The first-order valence-electron chi connectivity index (χ1n) is 8.57. The number of methoxy groups -OCH3 is 1. The molecule has 0 amide bonds. The molecule has 0 bridgehead atoms. The predicted octanol–water partition coefficient (Wildman–Crippen LogP) is 2.76. The van der Waals surface area contributed by atoms with Gasteiger partial charge in [0.1, 0.15) is 5.82 Å². The zero-order chi connectivity index (χ0) is 16.8. The normalized spacial score (nSPS) is 17.2. The van der Waals surface area contributed by atoms with Gasteiger partial charge in [-0.2, -0.15) is 0 Å². The number of aromatic nitrogens is 2. The van der Waals surface area contributed by atoms with E-state index in [4.69, 9.17) is 4.74 Å². The quantitative estimate of drug-likeness (QED) is 0.816. The Bertz CT molecular complexity index is 599. The Kier molecular flexibility index (Phi) is 5.77. The van der Waals surface area contributed by atoms with Crippen LogP contribution >= 0.6 is 0 Å². The maximum absolute atomic E-state index is 5.72. The third-order valence-corrected chi connectivity index (χ3v) is 4.87. The molecule has 0 radical (unpaired) electrons. The molecule has 0 spiro atoms. The van der Waals surface area contributed by atoms with Crippen LogP contribution < -0.4 is 4.90 Å². The van der Waals surface area contributed by atoms with Gasteiger partial charge in [0, 0.05) is 45.2 Å². The lowest BCUT2D eigenvalue weighted by molar-refractivity contribution is 0.0540. The summed E-state index contributed by atoms with van der Waals surface area (Å²) < 4.78 is 5.72. The van der Waals surface area contributed by atoms with Crippen LogP contribution in [-0.2, 0) is 4.74 Å². The molecule has 2 heterocycles. The second-order valence-electron chi connectivity index (χ2n) is 6.36. The highest BCUT2D eigenvalue weighted by atomic mass is 16.5.